The molecule has 3 fully saturated rings. The molecule has 3 rings (SSSR count). The molecule has 1 saturated heterocycles. The molecule has 26 heavy (non-hydrogen) atoms. The van der Waals surface area contributed by atoms with Gasteiger partial charge >= 0.3 is 12.1 Å². The molecular weight excluding hydrogens is 340 g/mol. The first-order valence-corrected chi connectivity index (χ1v) is 9.23. The van der Waals surface area contributed by atoms with Gasteiger partial charge in [0.05, 0.1) is 0 Å². The number of hydrogen-bond donors (Lipinski definition) is 1. The summed E-state index contributed by atoms with van der Waals surface area (Å²) in [6.45, 7) is 5.21. The highest BCUT2D eigenvalue weighted by Gasteiger charge is 2.50. The van der Waals surface area contributed by atoms with Crippen molar-refractivity contribution in [3.63, 3.8) is 0 Å². The van der Waals surface area contributed by atoms with E-state index in [1.807, 2.05) is 0 Å². The summed E-state index contributed by atoms with van der Waals surface area (Å²) >= 11 is 0. The standard InChI is InChI=1S/C18H26N2O6/c1-18(2,3)25-17(24)19-15(14(10-4-5-10)11-6-7-11)16(23)26-20-12(21)8-9-13(20)22/h10-11,14-15H,4-9H2,1-3H3,(H,19,24). The van der Waals surface area contributed by atoms with Crippen LogP contribution in [0.25, 0.3) is 0 Å². The number of carbonyl (C=O) groups excluding carboxylic acids is 4. The maximum atomic E-state index is 12.8. The van der Waals surface area contributed by atoms with Crippen molar-refractivity contribution < 1.29 is 28.8 Å². The van der Waals surface area contributed by atoms with Crippen molar-refractivity contribution in [3.8, 4) is 0 Å². The van der Waals surface area contributed by atoms with Gasteiger partial charge in [-0.2, -0.15) is 0 Å². The monoisotopic (exact) mass is 366 g/mol. The van der Waals surface area contributed by atoms with Gasteiger partial charge in [-0.25, -0.2) is 9.59 Å². The molecule has 2 saturated carbocycles. The van der Waals surface area contributed by atoms with E-state index in [1.165, 1.54) is 0 Å². The molecule has 1 atom stereocenters. The zero-order valence-electron chi connectivity index (χ0n) is 15.4. The van der Waals surface area contributed by atoms with E-state index in [9.17, 15) is 19.2 Å². The highest BCUT2D eigenvalue weighted by Crippen LogP contribution is 2.51. The molecule has 0 aromatic heterocycles. The molecule has 0 aromatic carbocycles. The fraction of sp³-hybridized carbons (Fsp3) is 0.778. The molecule has 8 heteroatoms. The summed E-state index contributed by atoms with van der Waals surface area (Å²) in [4.78, 5) is 53.6. The zero-order chi connectivity index (χ0) is 19.1. The van der Waals surface area contributed by atoms with Crippen molar-refractivity contribution in [2.75, 3.05) is 0 Å². The SMILES string of the molecule is CC(C)(C)OC(=O)NC(C(=O)ON1C(=O)CCC1=O)C(C1CC1)C1CC1. The average Bonchev–Trinajstić information content (AvgIpc) is 3.41. The number of nitrogens with one attached hydrogen (secondary N) is 1. The molecule has 8 nitrogen and oxygen atoms in total. The lowest BCUT2D eigenvalue weighted by Gasteiger charge is -2.29. The Morgan fingerprint density at radius 3 is 1.96 bits per heavy atom. The number of ether oxygens (including phenoxy) is 1. The Morgan fingerprint density at radius 2 is 1.54 bits per heavy atom. The smallest absolute Gasteiger partial charge is 0.408 e. The summed E-state index contributed by atoms with van der Waals surface area (Å²) in [6, 6.07) is -0.925. The first-order chi connectivity index (χ1) is 12.2. The van der Waals surface area contributed by atoms with Gasteiger partial charge in [-0.05, 0) is 64.2 Å². The van der Waals surface area contributed by atoms with Gasteiger partial charge in [-0.3, -0.25) is 9.59 Å². The van der Waals surface area contributed by atoms with E-state index >= 15 is 0 Å². The normalized spacial score (nSPS) is 21.8. The van der Waals surface area contributed by atoms with Gasteiger partial charge < -0.3 is 14.9 Å². The van der Waals surface area contributed by atoms with Crippen LogP contribution < -0.4 is 5.32 Å². The Bertz CT molecular complexity index is 590. The fourth-order valence-electron chi connectivity index (χ4n) is 3.44. The van der Waals surface area contributed by atoms with Gasteiger partial charge in [0, 0.05) is 12.8 Å². The summed E-state index contributed by atoms with van der Waals surface area (Å²) < 4.78 is 5.28. The van der Waals surface area contributed by atoms with E-state index in [1.54, 1.807) is 20.8 Å². The van der Waals surface area contributed by atoms with Crippen molar-refractivity contribution >= 4 is 23.9 Å². The predicted molar refractivity (Wildman–Crippen MR) is 89.3 cm³/mol. The van der Waals surface area contributed by atoms with Crippen LogP contribution in [0.2, 0.25) is 0 Å². The number of rotatable bonds is 6. The number of carbonyl (C=O) groups is 4. The minimum Gasteiger partial charge on any atom is -0.444 e. The minimum atomic E-state index is -0.925. The summed E-state index contributed by atoms with van der Waals surface area (Å²) in [5, 5.41) is 3.17. The molecule has 3 amide bonds. The number of nitrogens with zero attached hydrogens (tertiary/aromatic N) is 1. The molecule has 144 valence electrons. The summed E-state index contributed by atoms with van der Waals surface area (Å²) in [5.41, 5.74) is -0.700. The van der Waals surface area contributed by atoms with E-state index in [-0.39, 0.29) is 18.8 Å². The molecule has 0 bridgehead atoms. The Labute approximate surface area is 152 Å². The Balaban J connectivity index is 1.73. The Kier molecular flexibility index (Phi) is 4.94. The second kappa shape index (κ2) is 6.89. The second-order valence-corrected chi connectivity index (χ2v) is 8.37. The highest BCUT2D eigenvalue weighted by atomic mass is 16.7. The summed E-state index contributed by atoms with van der Waals surface area (Å²) in [6.07, 6.45) is 3.37. The van der Waals surface area contributed by atoms with Crippen LogP contribution in [0.5, 0.6) is 0 Å². The second-order valence-electron chi connectivity index (χ2n) is 8.37. The lowest BCUT2D eigenvalue weighted by atomic mass is 9.89. The maximum absolute atomic E-state index is 12.8. The van der Waals surface area contributed by atoms with Gasteiger partial charge in [0.1, 0.15) is 11.6 Å². The molecule has 0 aromatic rings. The number of hydroxylamine groups is 2. The quantitative estimate of drug-likeness (QED) is 0.721. The topological polar surface area (TPSA) is 102 Å². The van der Waals surface area contributed by atoms with E-state index in [0.29, 0.717) is 16.9 Å². The predicted octanol–water partition coefficient (Wildman–Crippen LogP) is 1.92. The van der Waals surface area contributed by atoms with Crippen molar-refractivity contribution in [2.45, 2.75) is 70.9 Å². The fourth-order valence-corrected chi connectivity index (χ4v) is 3.44. The number of alkyl carbamates (subject to hydrolysis) is 1. The van der Waals surface area contributed by atoms with E-state index < -0.39 is 35.5 Å². The molecule has 1 N–H and O–H groups in total. The van der Waals surface area contributed by atoms with E-state index in [4.69, 9.17) is 9.57 Å². The molecule has 0 radical (unpaired) electrons. The van der Waals surface area contributed by atoms with E-state index in [0.717, 1.165) is 25.7 Å². The van der Waals surface area contributed by atoms with Gasteiger partial charge in [-0.1, -0.05) is 0 Å². The molecule has 3 aliphatic rings. The molecule has 1 heterocycles. The Hall–Kier alpha value is -2.12. The third-order valence-electron chi connectivity index (χ3n) is 4.83. The van der Waals surface area contributed by atoms with Crippen LogP contribution in [0.15, 0.2) is 0 Å². The van der Waals surface area contributed by atoms with Crippen LogP contribution in [-0.4, -0.2) is 40.6 Å². The molecule has 0 spiro atoms. The van der Waals surface area contributed by atoms with Crippen molar-refractivity contribution in [1.29, 1.82) is 0 Å². The van der Waals surface area contributed by atoms with Crippen molar-refractivity contribution in [2.24, 2.45) is 17.8 Å². The van der Waals surface area contributed by atoms with Crippen molar-refractivity contribution in [1.82, 2.24) is 10.4 Å². The summed E-state index contributed by atoms with van der Waals surface area (Å²) in [5.74, 6) is -1.20. The lowest BCUT2D eigenvalue weighted by molar-refractivity contribution is -0.200. The number of amides is 3. The largest absolute Gasteiger partial charge is 0.444 e. The number of hydrogen-bond acceptors (Lipinski definition) is 6. The third-order valence-corrected chi connectivity index (χ3v) is 4.83. The molecule has 2 aliphatic carbocycles. The van der Waals surface area contributed by atoms with Crippen LogP contribution in [0.4, 0.5) is 4.79 Å². The third kappa shape index (κ3) is 4.53. The van der Waals surface area contributed by atoms with Crippen molar-refractivity contribution in [3.05, 3.63) is 0 Å². The summed E-state index contributed by atoms with van der Waals surface area (Å²) in [7, 11) is 0. The van der Waals surface area contributed by atoms with Gasteiger partial charge in [0.15, 0.2) is 0 Å². The van der Waals surface area contributed by atoms with Crippen LogP contribution in [-0.2, 0) is 24.0 Å². The zero-order valence-corrected chi connectivity index (χ0v) is 15.4. The Morgan fingerprint density at radius 1 is 1.04 bits per heavy atom. The maximum Gasteiger partial charge on any atom is 0.408 e. The first kappa shape index (κ1) is 18.7. The minimum absolute atomic E-state index is 0.0327. The van der Waals surface area contributed by atoms with Gasteiger partial charge in [0.25, 0.3) is 11.8 Å². The molecule has 1 aliphatic heterocycles. The van der Waals surface area contributed by atoms with Gasteiger partial charge in [0.2, 0.25) is 0 Å². The highest BCUT2D eigenvalue weighted by molar-refractivity contribution is 6.01. The van der Waals surface area contributed by atoms with E-state index in [2.05, 4.69) is 5.32 Å². The van der Waals surface area contributed by atoms with Crippen LogP contribution in [0, 0.1) is 17.8 Å². The molecular formula is C18H26N2O6. The van der Waals surface area contributed by atoms with Crippen LogP contribution in [0.1, 0.15) is 59.3 Å². The lowest BCUT2D eigenvalue weighted by Crippen LogP contribution is -2.51. The van der Waals surface area contributed by atoms with Crippen LogP contribution >= 0.6 is 0 Å². The average molecular weight is 366 g/mol. The first-order valence-electron chi connectivity index (χ1n) is 9.23. The van der Waals surface area contributed by atoms with Crippen LogP contribution in [0.3, 0.4) is 0 Å². The van der Waals surface area contributed by atoms with Gasteiger partial charge in [-0.15, -0.1) is 5.06 Å². The number of imide groups is 1. The molecule has 1 unspecified atom stereocenters.